The van der Waals surface area contributed by atoms with E-state index < -0.39 is 0 Å². The molecule has 2 nitrogen and oxygen atoms in total. The van der Waals surface area contributed by atoms with Crippen molar-refractivity contribution >= 4 is 5.78 Å². The monoisotopic (exact) mass is 406 g/mol. The zero-order valence-electron chi connectivity index (χ0n) is 11.5. The third-order valence-corrected chi connectivity index (χ3v) is 2.12. The Morgan fingerprint density at radius 3 is 2.06 bits per heavy atom. The van der Waals surface area contributed by atoms with Gasteiger partial charge in [0.15, 0.2) is 0 Å². The van der Waals surface area contributed by atoms with Gasteiger partial charge in [0, 0.05) is 21.1 Å². The molecule has 0 aliphatic rings. The van der Waals surface area contributed by atoms with Gasteiger partial charge in [-0.1, -0.05) is 44.2 Å². The van der Waals surface area contributed by atoms with Gasteiger partial charge in [0.2, 0.25) is 0 Å². The van der Waals surface area contributed by atoms with Crippen LogP contribution in [0.4, 0.5) is 0 Å². The summed E-state index contributed by atoms with van der Waals surface area (Å²) in [5, 5.41) is 3.00. The van der Waals surface area contributed by atoms with Crippen LogP contribution in [0, 0.1) is 7.43 Å². The summed E-state index contributed by atoms with van der Waals surface area (Å²) >= 11 is 0. The second kappa shape index (κ2) is 13.6. The Kier molecular flexibility index (Phi) is 17.4. The molecule has 0 radical (unpaired) electrons. The van der Waals surface area contributed by atoms with Crippen LogP contribution in [0.1, 0.15) is 26.3 Å². The van der Waals surface area contributed by atoms with Gasteiger partial charge in [0.1, 0.15) is 5.78 Å². The number of carbonyl (C=O) groups is 1. The maximum Gasteiger partial charge on any atom is 0.147 e. The fourth-order valence-corrected chi connectivity index (χ4v) is 1.30. The van der Waals surface area contributed by atoms with Gasteiger partial charge in [-0.15, -0.1) is 0 Å². The Labute approximate surface area is 120 Å². The maximum absolute atomic E-state index is 11.1. The van der Waals surface area contributed by atoms with Crippen molar-refractivity contribution in [1.29, 1.82) is 0 Å². The molecular weight excluding hydrogens is 382 g/mol. The largest absolute Gasteiger partial charge is 0.358 e. The van der Waals surface area contributed by atoms with Gasteiger partial charge in [0.05, 0.1) is 6.04 Å². The van der Waals surface area contributed by atoms with Crippen LogP contribution in [-0.2, 0) is 32.3 Å². The summed E-state index contributed by atoms with van der Waals surface area (Å²) in [4.78, 5) is 11.1. The number of hydrogen-bond donors (Lipinski definition) is 1. The molecule has 1 unspecified atom stereocenters. The average Bonchev–Trinajstić information content (AvgIpc) is 2.29. The maximum atomic E-state index is 11.1. The predicted molar refractivity (Wildman–Crippen MR) is 71.4 cm³/mol. The van der Waals surface area contributed by atoms with Crippen molar-refractivity contribution in [2.24, 2.45) is 0 Å². The molecule has 0 aliphatic heterocycles. The zero-order chi connectivity index (χ0) is 11.7. The molecule has 1 atom stereocenters. The molecule has 0 saturated heterocycles. The molecule has 1 aromatic carbocycles. The average molecular weight is 406 g/mol. The number of rotatable bonds is 4. The molecule has 17 heavy (non-hydrogen) atoms. The van der Waals surface area contributed by atoms with Crippen LogP contribution >= 0.6 is 0 Å². The third kappa shape index (κ3) is 9.26. The van der Waals surface area contributed by atoms with E-state index in [0.29, 0.717) is 0 Å². The number of hydrogen-bond acceptors (Lipinski definition) is 2. The minimum Gasteiger partial charge on any atom is -0.358 e. The van der Waals surface area contributed by atoms with E-state index in [9.17, 15) is 4.79 Å². The van der Waals surface area contributed by atoms with E-state index in [0.717, 1.165) is 6.42 Å². The normalized spacial score (nSPS) is 9.88. The van der Waals surface area contributed by atoms with E-state index in [2.05, 4.69) is 5.32 Å². The number of Topliss-reactive ketones (excluding diaryl/α,β-unsaturated/α-hetero) is 1. The van der Waals surface area contributed by atoms with E-state index >= 15 is 0 Å². The van der Waals surface area contributed by atoms with Crippen LogP contribution in [0.5, 0.6) is 0 Å². The first kappa shape index (κ1) is 21.8. The molecule has 0 fully saturated rings. The van der Waals surface area contributed by atoms with Crippen LogP contribution < -0.4 is 5.32 Å². The van der Waals surface area contributed by atoms with E-state index in [1.807, 2.05) is 51.2 Å². The summed E-state index contributed by atoms with van der Waals surface area (Å²) in [5.41, 5.74) is 1.19. The first-order valence-corrected chi connectivity index (χ1v) is 5.45. The molecule has 0 saturated carbocycles. The van der Waals surface area contributed by atoms with E-state index in [4.69, 9.17) is 0 Å². The molecule has 0 heterocycles. The van der Waals surface area contributed by atoms with E-state index in [-0.39, 0.29) is 40.3 Å². The Balaban J connectivity index is -0.000000464. The van der Waals surface area contributed by atoms with Crippen molar-refractivity contribution in [3.05, 3.63) is 43.3 Å². The molecule has 3 heteroatoms. The quantitative estimate of drug-likeness (QED) is 0.780. The molecule has 1 aromatic rings. The van der Waals surface area contributed by atoms with Gasteiger partial charge < -0.3 is 12.7 Å². The van der Waals surface area contributed by atoms with Gasteiger partial charge in [-0.25, -0.2) is 0 Å². The zero-order valence-corrected chi connectivity index (χ0v) is 14.4. The van der Waals surface area contributed by atoms with Crippen LogP contribution in [0.15, 0.2) is 30.3 Å². The summed E-state index contributed by atoms with van der Waals surface area (Å²) in [6.45, 7) is 5.62. The molecular formula is C14H24NOW-. The smallest absolute Gasteiger partial charge is 0.147 e. The Morgan fingerprint density at radius 1 is 1.24 bits per heavy atom. The fraction of sp³-hybridized carbons (Fsp3) is 0.429. The molecule has 0 bridgehead atoms. The fourth-order valence-electron chi connectivity index (χ4n) is 1.30. The van der Waals surface area contributed by atoms with Crippen LogP contribution in [0.2, 0.25) is 0 Å². The van der Waals surface area contributed by atoms with Crippen molar-refractivity contribution in [3.63, 3.8) is 0 Å². The molecule has 0 amide bonds. The molecule has 0 aliphatic carbocycles. The van der Waals surface area contributed by atoms with Crippen LogP contribution in [-0.4, -0.2) is 18.9 Å². The number of benzene rings is 1. The molecule has 1 rings (SSSR count). The van der Waals surface area contributed by atoms with E-state index in [1.54, 1.807) is 6.92 Å². The molecule has 0 spiro atoms. The molecule has 0 aromatic heterocycles. The Morgan fingerprint density at radius 2 is 1.71 bits per heavy atom. The van der Waals surface area contributed by atoms with Crippen molar-refractivity contribution in [2.75, 3.05) is 7.05 Å². The SMILES string of the molecule is CC.CNC(Cc1ccccc1)C(C)=O.[CH3-].[W]. The standard InChI is InChI=1S/C11H15NO.C2H6.CH3.W/c1-9(13)11(12-2)8-10-6-4-3-5-7-10;1-2;;/h3-7,11-12H,8H2,1-2H3;1-2H3;1H3;/q;;-1;. The summed E-state index contributed by atoms with van der Waals surface area (Å²) < 4.78 is 0. The van der Waals surface area contributed by atoms with Crippen molar-refractivity contribution in [3.8, 4) is 0 Å². The summed E-state index contributed by atoms with van der Waals surface area (Å²) in [7, 11) is 1.81. The van der Waals surface area contributed by atoms with Crippen molar-refractivity contribution < 1.29 is 25.9 Å². The Hall–Kier alpha value is -0.462. The minimum absolute atomic E-state index is 0. The van der Waals surface area contributed by atoms with Gasteiger partial charge >= 0.3 is 0 Å². The Bertz CT molecular complexity index is 275. The number of nitrogens with one attached hydrogen (secondary N) is 1. The predicted octanol–water partition coefficient (Wildman–Crippen LogP) is 2.88. The number of ketones is 1. The van der Waals surface area contributed by atoms with Gasteiger partial charge in [-0.3, -0.25) is 4.79 Å². The molecule has 98 valence electrons. The van der Waals surface area contributed by atoms with Crippen LogP contribution in [0.25, 0.3) is 0 Å². The van der Waals surface area contributed by atoms with Crippen molar-refractivity contribution in [1.82, 2.24) is 5.32 Å². The van der Waals surface area contributed by atoms with E-state index in [1.165, 1.54) is 5.56 Å². The third-order valence-electron chi connectivity index (χ3n) is 2.12. The van der Waals surface area contributed by atoms with Gasteiger partial charge in [-0.2, -0.15) is 0 Å². The van der Waals surface area contributed by atoms with Gasteiger partial charge in [-0.05, 0) is 26.0 Å². The van der Waals surface area contributed by atoms with Crippen LogP contribution in [0.3, 0.4) is 0 Å². The number of carbonyl (C=O) groups excluding carboxylic acids is 1. The minimum atomic E-state index is -0.0533. The van der Waals surface area contributed by atoms with Crippen molar-refractivity contribution in [2.45, 2.75) is 33.2 Å². The molecule has 1 N–H and O–H groups in total. The summed E-state index contributed by atoms with van der Waals surface area (Å²) in [5.74, 6) is 0.186. The second-order valence-corrected chi connectivity index (χ2v) is 3.14. The van der Waals surface area contributed by atoms with Gasteiger partial charge in [0.25, 0.3) is 0 Å². The second-order valence-electron chi connectivity index (χ2n) is 3.14. The summed E-state index contributed by atoms with van der Waals surface area (Å²) in [6, 6.07) is 9.97. The number of likely N-dealkylation sites (N-methyl/N-ethyl adjacent to an activating group) is 1. The summed E-state index contributed by atoms with van der Waals surface area (Å²) in [6.07, 6.45) is 0.771. The topological polar surface area (TPSA) is 29.1 Å². The first-order valence-electron chi connectivity index (χ1n) is 5.45. The first-order chi connectivity index (χ1) is 7.24.